The van der Waals surface area contributed by atoms with Gasteiger partial charge in [-0.3, -0.25) is 0 Å². The Bertz CT molecular complexity index is 4220. The first-order chi connectivity index (χ1) is 36.7. The number of hydrogen-bond acceptors (Lipinski definition) is 4. The summed E-state index contributed by atoms with van der Waals surface area (Å²) >= 11 is 0. The van der Waals surface area contributed by atoms with Gasteiger partial charge < -0.3 is 4.42 Å². The highest BCUT2D eigenvalue weighted by molar-refractivity contribution is 6.13. The monoisotopic (exact) mass is 941 g/mol. The highest BCUT2D eigenvalue weighted by Crippen LogP contribution is 2.63. The predicted molar refractivity (Wildman–Crippen MR) is 301 cm³/mol. The Morgan fingerprint density at radius 3 is 1.20 bits per heavy atom. The summed E-state index contributed by atoms with van der Waals surface area (Å²) in [5.74, 6) is 1.76. The number of benzene rings is 11. The molecule has 0 atom stereocenters. The van der Waals surface area contributed by atoms with Gasteiger partial charge in [-0.15, -0.1) is 0 Å². The zero-order valence-corrected chi connectivity index (χ0v) is 40.1. The van der Waals surface area contributed by atoms with Gasteiger partial charge in [-0.25, -0.2) is 15.0 Å². The fraction of sp³-hybridized carbons (Fsp3) is 0.0143. The van der Waals surface area contributed by atoms with E-state index in [0.717, 1.165) is 77.6 Å². The van der Waals surface area contributed by atoms with E-state index in [4.69, 9.17) is 19.4 Å². The van der Waals surface area contributed by atoms with Crippen molar-refractivity contribution in [1.82, 2.24) is 15.0 Å². The fourth-order valence-electron chi connectivity index (χ4n) is 12.0. The molecule has 344 valence electrons. The lowest BCUT2D eigenvalue weighted by atomic mass is 9.70. The maximum Gasteiger partial charge on any atom is 0.164 e. The van der Waals surface area contributed by atoms with Crippen molar-refractivity contribution in [3.63, 3.8) is 0 Å². The maximum atomic E-state index is 6.65. The quantitative estimate of drug-likeness (QED) is 0.160. The highest BCUT2D eigenvalue weighted by atomic mass is 16.3. The molecule has 0 bridgehead atoms. The summed E-state index contributed by atoms with van der Waals surface area (Å²) in [4.78, 5) is 15.8. The zero-order chi connectivity index (χ0) is 48.7. The third-order valence-corrected chi connectivity index (χ3v) is 15.4. The van der Waals surface area contributed by atoms with Crippen LogP contribution in [0.25, 0.3) is 123 Å². The van der Waals surface area contributed by atoms with Gasteiger partial charge in [0.05, 0.1) is 5.41 Å². The molecule has 2 aliphatic carbocycles. The second-order valence-electron chi connectivity index (χ2n) is 19.4. The Hall–Kier alpha value is -9.77. The van der Waals surface area contributed by atoms with E-state index in [0.29, 0.717) is 17.5 Å². The van der Waals surface area contributed by atoms with Crippen molar-refractivity contribution in [2.75, 3.05) is 0 Å². The molecule has 0 radical (unpaired) electrons. The first-order valence-electron chi connectivity index (χ1n) is 25.2. The first-order valence-corrected chi connectivity index (χ1v) is 25.2. The first kappa shape index (κ1) is 42.0. The number of nitrogens with zero attached hydrogens (tertiary/aromatic N) is 3. The van der Waals surface area contributed by atoms with Crippen LogP contribution in [0, 0.1) is 0 Å². The van der Waals surface area contributed by atoms with Crippen LogP contribution in [0.5, 0.6) is 0 Å². The molecule has 4 nitrogen and oxygen atoms in total. The molecular formula is C70H43N3O. The molecule has 2 aromatic heterocycles. The van der Waals surface area contributed by atoms with Gasteiger partial charge in [-0.1, -0.05) is 218 Å². The van der Waals surface area contributed by atoms with Gasteiger partial charge in [0.1, 0.15) is 11.2 Å². The van der Waals surface area contributed by atoms with Crippen LogP contribution >= 0.6 is 0 Å². The van der Waals surface area contributed by atoms with Crippen molar-refractivity contribution >= 4 is 21.9 Å². The van der Waals surface area contributed by atoms with E-state index in [9.17, 15) is 0 Å². The lowest BCUT2D eigenvalue weighted by Crippen LogP contribution is -2.25. The molecule has 2 aliphatic rings. The summed E-state index contributed by atoms with van der Waals surface area (Å²) in [5, 5.41) is 1.95. The molecule has 0 saturated heterocycles. The lowest BCUT2D eigenvalue weighted by Gasteiger charge is -2.30. The second-order valence-corrected chi connectivity index (χ2v) is 19.4. The Kier molecular flexibility index (Phi) is 9.45. The topological polar surface area (TPSA) is 51.8 Å². The fourth-order valence-corrected chi connectivity index (χ4v) is 12.0. The Balaban J connectivity index is 0.860. The average Bonchev–Trinajstić information content (AvgIpc) is 4.11. The van der Waals surface area contributed by atoms with Crippen LogP contribution in [-0.2, 0) is 5.41 Å². The summed E-state index contributed by atoms with van der Waals surface area (Å²) < 4.78 is 6.65. The zero-order valence-electron chi connectivity index (χ0n) is 40.1. The number of furan rings is 1. The van der Waals surface area contributed by atoms with Crippen LogP contribution < -0.4 is 0 Å². The Morgan fingerprint density at radius 2 is 0.635 bits per heavy atom. The van der Waals surface area contributed by atoms with Gasteiger partial charge in [0.25, 0.3) is 0 Å². The van der Waals surface area contributed by atoms with E-state index in [1.54, 1.807) is 0 Å². The SMILES string of the molecule is c1ccc(-c2cccc(-c3nc(-c4cccc(-c5ccccc5)c4)nc(-c4cccc5oc6ccc(-c7cccc(-c8ccc9c(c8)C8(c%10ccccc%10-c%10ccccc%108)c8ccccc8-9)c7)cc6c45)n3)c2)cc1. The van der Waals surface area contributed by atoms with E-state index in [1.165, 1.54) is 50.1 Å². The predicted octanol–water partition coefficient (Wildman–Crippen LogP) is 17.8. The summed E-state index contributed by atoms with van der Waals surface area (Å²) in [6, 6.07) is 93.5. The second kappa shape index (κ2) is 16.7. The molecule has 4 heteroatoms. The normalized spacial score (nSPS) is 12.7. The van der Waals surface area contributed by atoms with Gasteiger partial charge in [0.2, 0.25) is 0 Å². The molecule has 11 aromatic carbocycles. The van der Waals surface area contributed by atoms with Crippen LogP contribution in [0.4, 0.5) is 0 Å². The number of fused-ring (bicyclic) bond motifs is 13. The van der Waals surface area contributed by atoms with Gasteiger partial charge in [-0.05, 0) is 131 Å². The van der Waals surface area contributed by atoms with Gasteiger partial charge >= 0.3 is 0 Å². The standard InChI is InChI=1S/C70H43N3O/c1-3-17-44(18-4-1)46-21-14-25-52(40-46)67-71-68(53-26-15-22-47(41-53)45-19-5-2-6-20-45)73-69(72-67)58-30-16-34-65-66(58)59-42-50(36-38-64(59)74-65)48-23-13-24-49(39-48)51-35-37-57-56-29-9-12-33-62(56)70(63(57)43-51)60-31-10-7-27-54(60)55-28-8-11-32-61(55)70/h1-43H. The van der Waals surface area contributed by atoms with Crippen molar-refractivity contribution in [2.45, 2.75) is 5.41 Å². The molecule has 74 heavy (non-hydrogen) atoms. The van der Waals surface area contributed by atoms with E-state index < -0.39 is 5.41 Å². The summed E-state index contributed by atoms with van der Waals surface area (Å²) in [7, 11) is 0. The van der Waals surface area contributed by atoms with Gasteiger partial charge in [0.15, 0.2) is 17.5 Å². The Morgan fingerprint density at radius 1 is 0.243 bits per heavy atom. The Labute approximate surface area is 428 Å². The maximum absolute atomic E-state index is 6.65. The molecule has 2 heterocycles. The third kappa shape index (κ3) is 6.52. The van der Waals surface area contributed by atoms with Crippen LogP contribution in [0.3, 0.4) is 0 Å². The lowest BCUT2D eigenvalue weighted by molar-refractivity contribution is 0.669. The molecule has 0 unspecified atom stereocenters. The smallest absolute Gasteiger partial charge is 0.164 e. The summed E-state index contributed by atoms with van der Waals surface area (Å²) in [5.41, 5.74) is 23.4. The minimum atomic E-state index is -0.406. The van der Waals surface area contributed by atoms with Crippen molar-refractivity contribution in [3.05, 3.63) is 283 Å². The largest absolute Gasteiger partial charge is 0.456 e. The van der Waals surface area contributed by atoms with Gasteiger partial charge in [0, 0.05) is 27.5 Å². The number of hydrogen-bond donors (Lipinski definition) is 0. The molecule has 13 aromatic rings. The third-order valence-electron chi connectivity index (χ3n) is 15.4. The molecule has 1 spiro atoms. The van der Waals surface area contributed by atoms with Crippen molar-refractivity contribution in [3.8, 4) is 101 Å². The molecule has 0 aliphatic heterocycles. The van der Waals surface area contributed by atoms with Crippen molar-refractivity contribution in [2.24, 2.45) is 0 Å². The number of aromatic nitrogens is 3. The van der Waals surface area contributed by atoms with E-state index in [1.807, 2.05) is 24.3 Å². The number of rotatable bonds is 7. The van der Waals surface area contributed by atoms with Crippen molar-refractivity contribution < 1.29 is 4.42 Å². The summed E-state index contributed by atoms with van der Waals surface area (Å²) in [6.45, 7) is 0. The summed E-state index contributed by atoms with van der Waals surface area (Å²) in [6.07, 6.45) is 0. The molecular weight excluding hydrogens is 899 g/mol. The molecule has 0 saturated carbocycles. The molecule has 0 N–H and O–H groups in total. The van der Waals surface area contributed by atoms with E-state index >= 15 is 0 Å². The minimum absolute atomic E-state index is 0.406. The van der Waals surface area contributed by atoms with Crippen LogP contribution in [0.1, 0.15) is 22.3 Å². The molecule has 15 rings (SSSR count). The van der Waals surface area contributed by atoms with Crippen molar-refractivity contribution in [1.29, 1.82) is 0 Å². The van der Waals surface area contributed by atoms with Crippen LogP contribution in [0.2, 0.25) is 0 Å². The highest BCUT2D eigenvalue weighted by Gasteiger charge is 2.51. The average molecular weight is 942 g/mol. The van der Waals surface area contributed by atoms with Gasteiger partial charge in [-0.2, -0.15) is 0 Å². The van der Waals surface area contributed by atoms with E-state index in [2.05, 4.69) is 237 Å². The molecule has 0 amide bonds. The minimum Gasteiger partial charge on any atom is -0.456 e. The van der Waals surface area contributed by atoms with Crippen LogP contribution in [0.15, 0.2) is 265 Å². The molecule has 0 fully saturated rings. The van der Waals surface area contributed by atoms with E-state index in [-0.39, 0.29) is 0 Å². The van der Waals surface area contributed by atoms with Crippen LogP contribution in [-0.4, -0.2) is 15.0 Å².